The van der Waals surface area contributed by atoms with Crippen molar-refractivity contribution in [2.24, 2.45) is 0 Å². The van der Waals surface area contributed by atoms with Crippen LogP contribution in [0.25, 0.3) is 5.57 Å². The fourth-order valence-electron chi connectivity index (χ4n) is 2.84. The van der Waals surface area contributed by atoms with Crippen LogP contribution in [-0.2, 0) is 9.59 Å². The van der Waals surface area contributed by atoms with Gasteiger partial charge in [-0.25, -0.2) is 0 Å². The average molecular weight is 346 g/mol. The Morgan fingerprint density at radius 3 is 2.32 bits per heavy atom. The van der Waals surface area contributed by atoms with Crippen LogP contribution in [0.1, 0.15) is 32.8 Å². The molecule has 0 saturated carbocycles. The molecule has 6 nitrogen and oxygen atoms in total. The lowest BCUT2D eigenvalue weighted by Gasteiger charge is -2.20. The molecule has 0 fully saturated rings. The number of benzene rings is 1. The monoisotopic (exact) mass is 346 g/mol. The zero-order chi connectivity index (χ0) is 18.6. The third-order valence-electron chi connectivity index (χ3n) is 3.92. The molecule has 0 aromatic heterocycles. The van der Waals surface area contributed by atoms with Crippen molar-refractivity contribution in [1.29, 1.82) is 0 Å². The number of rotatable bonds is 8. The Hall–Kier alpha value is -2.34. The van der Waals surface area contributed by atoms with Gasteiger partial charge in [-0.3, -0.25) is 14.5 Å². The fraction of sp³-hybridized carbons (Fsp3) is 0.474. The van der Waals surface area contributed by atoms with E-state index in [1.165, 1.54) is 4.90 Å². The summed E-state index contributed by atoms with van der Waals surface area (Å²) in [5.41, 5.74) is 1.39. The third-order valence-corrected chi connectivity index (χ3v) is 3.92. The van der Waals surface area contributed by atoms with Gasteiger partial charge >= 0.3 is 0 Å². The summed E-state index contributed by atoms with van der Waals surface area (Å²) in [6.45, 7) is 6.39. The molecule has 136 valence electrons. The van der Waals surface area contributed by atoms with Gasteiger partial charge in [-0.1, -0.05) is 19.1 Å². The Bertz CT molecular complexity index is 665. The maximum atomic E-state index is 12.8. The van der Waals surface area contributed by atoms with Gasteiger partial charge in [0.1, 0.15) is 11.4 Å². The molecule has 1 aromatic carbocycles. The van der Waals surface area contributed by atoms with Crippen LogP contribution in [0.15, 0.2) is 30.0 Å². The van der Waals surface area contributed by atoms with E-state index in [1.807, 2.05) is 20.8 Å². The largest absolute Gasteiger partial charge is 0.491 e. The van der Waals surface area contributed by atoms with Crippen molar-refractivity contribution < 1.29 is 19.4 Å². The van der Waals surface area contributed by atoms with Crippen LogP contribution in [0.2, 0.25) is 0 Å². The molecule has 0 bridgehead atoms. The van der Waals surface area contributed by atoms with Crippen LogP contribution < -0.4 is 4.74 Å². The fourth-order valence-corrected chi connectivity index (χ4v) is 2.84. The molecule has 0 saturated heterocycles. The summed E-state index contributed by atoms with van der Waals surface area (Å²) in [6.07, 6.45) is 0.758. The van der Waals surface area contributed by atoms with Crippen LogP contribution in [0.4, 0.5) is 0 Å². The molecule has 1 N–H and O–H groups in total. The van der Waals surface area contributed by atoms with Crippen molar-refractivity contribution in [2.75, 3.05) is 26.7 Å². The van der Waals surface area contributed by atoms with Crippen molar-refractivity contribution in [3.05, 3.63) is 35.5 Å². The van der Waals surface area contributed by atoms with Crippen molar-refractivity contribution in [2.45, 2.75) is 33.3 Å². The first kappa shape index (κ1) is 19.0. The number of amides is 2. The number of hydrogen-bond donors (Lipinski definition) is 1. The standard InChI is InChI=1S/C19H26N2O4/c1-5-10-21-18(23)16(17(19(21)24)20(4)11-12-22)14-6-8-15(9-7-14)25-13(2)3/h6-9,13,22H,5,10-12H2,1-4H3. The molecule has 6 heteroatoms. The number of nitrogens with zero attached hydrogens (tertiary/aromatic N) is 2. The molecule has 1 aliphatic heterocycles. The second kappa shape index (κ2) is 8.16. The van der Waals surface area contributed by atoms with Crippen molar-refractivity contribution >= 4 is 17.4 Å². The molecule has 1 aromatic rings. The molecular weight excluding hydrogens is 320 g/mol. The van der Waals surface area contributed by atoms with Gasteiger partial charge in [0.25, 0.3) is 11.8 Å². The minimum Gasteiger partial charge on any atom is -0.491 e. The van der Waals surface area contributed by atoms with E-state index in [0.29, 0.717) is 35.5 Å². The van der Waals surface area contributed by atoms with Gasteiger partial charge in [0.05, 0.1) is 18.3 Å². The van der Waals surface area contributed by atoms with Crippen LogP contribution in [0.3, 0.4) is 0 Å². The summed E-state index contributed by atoms with van der Waals surface area (Å²) in [5.74, 6) is 0.122. The molecule has 0 atom stereocenters. The predicted octanol–water partition coefficient (Wildman–Crippen LogP) is 1.89. The highest BCUT2D eigenvalue weighted by atomic mass is 16.5. The van der Waals surface area contributed by atoms with E-state index in [4.69, 9.17) is 4.74 Å². The van der Waals surface area contributed by atoms with E-state index in [-0.39, 0.29) is 31.1 Å². The topological polar surface area (TPSA) is 70.1 Å². The van der Waals surface area contributed by atoms with Gasteiger partial charge in [0, 0.05) is 20.1 Å². The maximum absolute atomic E-state index is 12.8. The van der Waals surface area contributed by atoms with E-state index < -0.39 is 0 Å². The molecule has 1 aliphatic rings. The summed E-state index contributed by atoms with van der Waals surface area (Å²) in [5, 5.41) is 9.20. The lowest BCUT2D eigenvalue weighted by Crippen LogP contribution is -2.35. The number of imide groups is 1. The van der Waals surface area contributed by atoms with E-state index in [0.717, 1.165) is 0 Å². The van der Waals surface area contributed by atoms with Gasteiger partial charge in [0.15, 0.2) is 0 Å². The van der Waals surface area contributed by atoms with Crippen LogP contribution in [0.5, 0.6) is 5.75 Å². The SMILES string of the molecule is CCCN1C(=O)C(c2ccc(OC(C)C)cc2)=C(N(C)CCO)C1=O. The van der Waals surface area contributed by atoms with Gasteiger partial charge < -0.3 is 14.7 Å². The van der Waals surface area contributed by atoms with Gasteiger partial charge in [0.2, 0.25) is 0 Å². The van der Waals surface area contributed by atoms with Crippen molar-refractivity contribution in [1.82, 2.24) is 9.80 Å². The highest BCUT2D eigenvalue weighted by Gasteiger charge is 2.40. The lowest BCUT2D eigenvalue weighted by atomic mass is 10.0. The molecule has 2 amide bonds. The first-order valence-electron chi connectivity index (χ1n) is 8.60. The van der Waals surface area contributed by atoms with E-state index in [2.05, 4.69) is 0 Å². The van der Waals surface area contributed by atoms with Crippen LogP contribution in [0, 0.1) is 0 Å². The second-order valence-corrected chi connectivity index (χ2v) is 6.32. The number of aliphatic hydroxyl groups excluding tert-OH is 1. The Labute approximate surface area is 148 Å². The van der Waals surface area contributed by atoms with Crippen LogP contribution in [-0.4, -0.2) is 59.6 Å². The zero-order valence-electron chi connectivity index (χ0n) is 15.3. The zero-order valence-corrected chi connectivity index (χ0v) is 15.3. The number of hydrogen-bond acceptors (Lipinski definition) is 5. The predicted molar refractivity (Wildman–Crippen MR) is 95.9 cm³/mol. The summed E-state index contributed by atoms with van der Waals surface area (Å²) >= 11 is 0. The highest BCUT2D eigenvalue weighted by Crippen LogP contribution is 2.32. The third kappa shape index (κ3) is 4.02. The molecule has 25 heavy (non-hydrogen) atoms. The number of carbonyl (C=O) groups excluding carboxylic acids is 2. The minimum absolute atomic E-state index is 0.0612. The first-order valence-corrected chi connectivity index (χ1v) is 8.60. The highest BCUT2D eigenvalue weighted by molar-refractivity contribution is 6.35. The molecular formula is C19H26N2O4. The maximum Gasteiger partial charge on any atom is 0.277 e. The minimum atomic E-state index is -0.305. The smallest absolute Gasteiger partial charge is 0.277 e. The average Bonchev–Trinajstić information content (AvgIpc) is 2.80. The molecule has 0 spiro atoms. The molecule has 0 radical (unpaired) electrons. The van der Waals surface area contributed by atoms with Crippen molar-refractivity contribution in [3.8, 4) is 5.75 Å². The number of likely N-dealkylation sites (N-methyl/N-ethyl adjacent to an activating group) is 1. The summed E-state index contributed by atoms with van der Waals surface area (Å²) in [7, 11) is 1.71. The summed E-state index contributed by atoms with van der Waals surface area (Å²) < 4.78 is 5.63. The molecule has 0 aliphatic carbocycles. The Kier molecular flexibility index (Phi) is 6.20. The normalized spacial score (nSPS) is 14.7. The summed E-state index contributed by atoms with van der Waals surface area (Å²) in [6, 6.07) is 7.18. The summed E-state index contributed by atoms with van der Waals surface area (Å²) in [4.78, 5) is 28.4. The molecule has 2 rings (SSSR count). The lowest BCUT2D eigenvalue weighted by molar-refractivity contribution is -0.137. The van der Waals surface area contributed by atoms with Crippen LogP contribution >= 0.6 is 0 Å². The van der Waals surface area contributed by atoms with E-state index in [1.54, 1.807) is 36.2 Å². The Balaban J connectivity index is 2.44. The number of carbonyl (C=O) groups is 2. The first-order chi connectivity index (χ1) is 11.9. The second-order valence-electron chi connectivity index (χ2n) is 6.32. The van der Waals surface area contributed by atoms with E-state index >= 15 is 0 Å². The molecule has 0 unspecified atom stereocenters. The van der Waals surface area contributed by atoms with Gasteiger partial charge in [-0.15, -0.1) is 0 Å². The van der Waals surface area contributed by atoms with E-state index in [9.17, 15) is 14.7 Å². The van der Waals surface area contributed by atoms with Crippen molar-refractivity contribution in [3.63, 3.8) is 0 Å². The Morgan fingerprint density at radius 2 is 1.80 bits per heavy atom. The number of aliphatic hydroxyl groups is 1. The Morgan fingerprint density at radius 1 is 1.16 bits per heavy atom. The number of ether oxygens (including phenoxy) is 1. The van der Waals surface area contributed by atoms with Gasteiger partial charge in [-0.2, -0.15) is 0 Å². The molecule has 1 heterocycles. The quantitative estimate of drug-likeness (QED) is 0.728. The van der Waals surface area contributed by atoms with Gasteiger partial charge in [-0.05, 0) is 38.0 Å².